The fraction of sp³-hybridized carbons (Fsp3) is 0.667. The molecule has 0 bridgehead atoms. The summed E-state index contributed by atoms with van der Waals surface area (Å²) in [5, 5.41) is 0. The number of carbonyl (C=O) groups is 1. The Morgan fingerprint density at radius 2 is 2.22 bits per heavy atom. The van der Waals surface area contributed by atoms with Crippen LogP contribution in [0.25, 0.3) is 0 Å². The molecule has 1 aromatic heterocycles. The number of aromatic nitrogens is 2. The topological polar surface area (TPSA) is 56.6 Å². The highest BCUT2D eigenvalue weighted by Crippen LogP contribution is 2.25. The minimum atomic E-state index is -0.0213. The third-order valence-corrected chi connectivity index (χ3v) is 3.26. The zero-order chi connectivity index (χ0) is 13.1. The van der Waals surface area contributed by atoms with Crippen molar-refractivity contribution in [3.63, 3.8) is 0 Å². The van der Waals surface area contributed by atoms with E-state index in [4.69, 9.17) is 9.47 Å². The molecule has 0 aromatic carbocycles. The number of amides is 1. The van der Waals surface area contributed by atoms with E-state index in [0.29, 0.717) is 13.2 Å². The summed E-state index contributed by atoms with van der Waals surface area (Å²) in [6.07, 6.45) is 1.82. The molecule has 0 radical (unpaired) electrons. The number of carbonyl (C=O) groups excluding carboxylic acids is 1. The number of fused-ring (bicyclic) bond motifs is 1. The van der Waals surface area contributed by atoms with Gasteiger partial charge in [0.2, 0.25) is 5.91 Å². The lowest BCUT2D eigenvalue weighted by atomic mass is 10.2. The number of nitrogens with zero attached hydrogens (tertiary/aromatic N) is 3. The molecule has 6 nitrogen and oxygen atoms in total. The monoisotopic (exact) mass is 253 g/mol. The maximum Gasteiger partial charge on any atom is 0.249 e. The van der Waals surface area contributed by atoms with Gasteiger partial charge in [-0.25, -0.2) is 4.98 Å². The van der Waals surface area contributed by atoms with Crippen molar-refractivity contribution >= 4 is 5.91 Å². The summed E-state index contributed by atoms with van der Waals surface area (Å²) in [4.78, 5) is 18.1. The van der Waals surface area contributed by atoms with Crippen LogP contribution in [0, 0.1) is 0 Å². The van der Waals surface area contributed by atoms with Gasteiger partial charge in [-0.05, 0) is 6.92 Å². The standard InChI is InChI=1S/C12H19N3O3/c1-9-12-13-6-10(7-17-2)15(12)5-4-14(9)11(16)8-18-3/h6,9H,4-5,7-8H2,1-3H3. The molecular weight excluding hydrogens is 234 g/mol. The Morgan fingerprint density at radius 1 is 1.44 bits per heavy atom. The quantitative estimate of drug-likeness (QED) is 0.787. The molecule has 1 amide bonds. The van der Waals surface area contributed by atoms with Crippen LogP contribution in [0.1, 0.15) is 24.5 Å². The predicted molar refractivity (Wildman–Crippen MR) is 64.9 cm³/mol. The Kier molecular flexibility index (Phi) is 3.98. The molecule has 1 aliphatic heterocycles. The molecule has 0 saturated heterocycles. The molecule has 0 saturated carbocycles. The van der Waals surface area contributed by atoms with E-state index in [0.717, 1.165) is 18.1 Å². The molecule has 0 fully saturated rings. The van der Waals surface area contributed by atoms with E-state index in [-0.39, 0.29) is 18.6 Å². The molecule has 0 N–H and O–H groups in total. The number of rotatable bonds is 4. The minimum absolute atomic E-state index is 0.00698. The highest BCUT2D eigenvalue weighted by atomic mass is 16.5. The molecule has 1 atom stereocenters. The van der Waals surface area contributed by atoms with Crippen molar-refractivity contribution in [2.24, 2.45) is 0 Å². The Balaban J connectivity index is 2.18. The van der Waals surface area contributed by atoms with Gasteiger partial charge in [0, 0.05) is 27.3 Å². The van der Waals surface area contributed by atoms with Crippen molar-refractivity contribution in [2.45, 2.75) is 26.1 Å². The smallest absolute Gasteiger partial charge is 0.249 e. The minimum Gasteiger partial charge on any atom is -0.378 e. The van der Waals surface area contributed by atoms with Crippen LogP contribution in [0.5, 0.6) is 0 Å². The molecule has 1 aliphatic rings. The number of ether oxygens (including phenoxy) is 2. The van der Waals surface area contributed by atoms with Gasteiger partial charge in [-0.2, -0.15) is 0 Å². The maximum atomic E-state index is 11.9. The summed E-state index contributed by atoms with van der Waals surface area (Å²) in [6, 6.07) is -0.0213. The van der Waals surface area contributed by atoms with Crippen LogP contribution in [0.4, 0.5) is 0 Å². The molecule has 1 aromatic rings. The van der Waals surface area contributed by atoms with Gasteiger partial charge in [0.25, 0.3) is 0 Å². The third-order valence-electron chi connectivity index (χ3n) is 3.26. The summed E-state index contributed by atoms with van der Waals surface area (Å²) in [5.74, 6) is 0.922. The van der Waals surface area contributed by atoms with E-state index in [2.05, 4.69) is 9.55 Å². The van der Waals surface area contributed by atoms with Gasteiger partial charge in [-0.1, -0.05) is 0 Å². The van der Waals surface area contributed by atoms with E-state index < -0.39 is 0 Å². The van der Waals surface area contributed by atoms with Crippen LogP contribution in [0.2, 0.25) is 0 Å². The van der Waals surface area contributed by atoms with Gasteiger partial charge in [0.1, 0.15) is 12.4 Å². The normalized spacial score (nSPS) is 18.8. The molecule has 2 heterocycles. The van der Waals surface area contributed by atoms with Crippen molar-refractivity contribution < 1.29 is 14.3 Å². The van der Waals surface area contributed by atoms with Gasteiger partial charge in [0.05, 0.1) is 24.5 Å². The first-order chi connectivity index (χ1) is 8.69. The van der Waals surface area contributed by atoms with E-state index in [1.807, 2.05) is 18.0 Å². The Hall–Kier alpha value is -1.40. The van der Waals surface area contributed by atoms with Crippen molar-refractivity contribution in [3.8, 4) is 0 Å². The van der Waals surface area contributed by atoms with Crippen LogP contribution in [0.15, 0.2) is 6.20 Å². The molecule has 1 unspecified atom stereocenters. The summed E-state index contributed by atoms with van der Waals surface area (Å²) in [6.45, 7) is 4.10. The van der Waals surface area contributed by atoms with Crippen molar-refractivity contribution in [2.75, 3.05) is 27.4 Å². The van der Waals surface area contributed by atoms with Crippen LogP contribution >= 0.6 is 0 Å². The molecule has 0 aliphatic carbocycles. The average molecular weight is 253 g/mol. The zero-order valence-corrected chi connectivity index (χ0v) is 11.0. The lowest BCUT2D eigenvalue weighted by Gasteiger charge is -2.34. The number of imidazole rings is 1. The van der Waals surface area contributed by atoms with E-state index in [1.165, 1.54) is 7.11 Å². The van der Waals surface area contributed by atoms with Crippen LogP contribution in [0.3, 0.4) is 0 Å². The fourth-order valence-electron chi connectivity index (χ4n) is 2.37. The van der Waals surface area contributed by atoms with Crippen molar-refractivity contribution in [1.82, 2.24) is 14.5 Å². The van der Waals surface area contributed by atoms with Crippen LogP contribution < -0.4 is 0 Å². The zero-order valence-electron chi connectivity index (χ0n) is 11.0. The van der Waals surface area contributed by atoms with E-state index >= 15 is 0 Å². The summed E-state index contributed by atoms with van der Waals surface area (Å²) in [7, 11) is 3.20. The predicted octanol–water partition coefficient (Wildman–Crippen LogP) is 0.579. The molecule has 6 heteroatoms. The van der Waals surface area contributed by atoms with E-state index in [9.17, 15) is 4.79 Å². The fourth-order valence-corrected chi connectivity index (χ4v) is 2.37. The van der Waals surface area contributed by atoms with Gasteiger partial charge in [0.15, 0.2) is 0 Å². The molecular formula is C12H19N3O3. The second-order valence-corrected chi connectivity index (χ2v) is 4.39. The maximum absolute atomic E-state index is 11.9. The van der Waals surface area contributed by atoms with Gasteiger partial charge < -0.3 is 18.9 Å². The van der Waals surface area contributed by atoms with Gasteiger partial charge >= 0.3 is 0 Å². The summed E-state index contributed by atoms with van der Waals surface area (Å²) < 4.78 is 12.2. The Bertz CT molecular complexity index is 430. The lowest BCUT2D eigenvalue weighted by molar-refractivity contribution is -0.138. The number of methoxy groups -OCH3 is 2. The largest absolute Gasteiger partial charge is 0.378 e. The van der Waals surface area contributed by atoms with E-state index in [1.54, 1.807) is 7.11 Å². The first-order valence-corrected chi connectivity index (χ1v) is 6.00. The first kappa shape index (κ1) is 13.0. The highest BCUT2D eigenvalue weighted by Gasteiger charge is 2.29. The van der Waals surface area contributed by atoms with Crippen molar-refractivity contribution in [1.29, 1.82) is 0 Å². The third kappa shape index (κ3) is 2.26. The molecule has 100 valence electrons. The highest BCUT2D eigenvalue weighted by molar-refractivity contribution is 5.78. The molecule has 0 spiro atoms. The summed E-state index contributed by atoms with van der Waals surface area (Å²) in [5.41, 5.74) is 1.05. The first-order valence-electron chi connectivity index (χ1n) is 6.00. The van der Waals surface area contributed by atoms with Gasteiger partial charge in [-0.15, -0.1) is 0 Å². The SMILES string of the molecule is COCC(=O)N1CCn2c(COC)cnc2C1C. The van der Waals surface area contributed by atoms with Crippen molar-refractivity contribution in [3.05, 3.63) is 17.7 Å². The summed E-state index contributed by atoms with van der Waals surface area (Å²) >= 11 is 0. The van der Waals surface area contributed by atoms with Crippen LogP contribution in [-0.2, 0) is 27.4 Å². The molecule has 18 heavy (non-hydrogen) atoms. The van der Waals surface area contributed by atoms with Crippen LogP contribution in [-0.4, -0.2) is 47.7 Å². The Labute approximate surface area is 106 Å². The average Bonchev–Trinajstić information content (AvgIpc) is 2.75. The van der Waals surface area contributed by atoms with Gasteiger partial charge in [-0.3, -0.25) is 4.79 Å². The number of hydrogen-bond acceptors (Lipinski definition) is 4. The lowest BCUT2D eigenvalue weighted by Crippen LogP contribution is -2.43. The molecule has 2 rings (SSSR count). The second kappa shape index (κ2) is 5.49. The second-order valence-electron chi connectivity index (χ2n) is 4.39. The Morgan fingerprint density at radius 3 is 2.89 bits per heavy atom. The number of hydrogen-bond donors (Lipinski definition) is 0.